The average Bonchev–Trinajstić information content (AvgIpc) is 3.03. The van der Waals surface area contributed by atoms with Gasteiger partial charge in [-0.05, 0) is 42.0 Å². The third-order valence-corrected chi connectivity index (χ3v) is 9.02. The summed E-state index contributed by atoms with van der Waals surface area (Å²) >= 11 is 0. The zero-order valence-corrected chi connectivity index (χ0v) is 25.3. The summed E-state index contributed by atoms with van der Waals surface area (Å²) in [7, 11) is -4.53. The largest absolute Gasteiger partial charge is 0.573 e. The van der Waals surface area contributed by atoms with Gasteiger partial charge in [-0.15, -0.1) is 13.2 Å². The first-order chi connectivity index (χ1) is 22.0. The number of carboxylic acid groups (broad SMARTS) is 1. The van der Waals surface area contributed by atoms with E-state index in [1.165, 1.54) is 37.3 Å². The molecule has 1 aromatic heterocycles. The molecule has 0 bridgehead atoms. The lowest BCUT2D eigenvalue weighted by Crippen LogP contribution is -2.61. The SMILES string of the molecule is CCC(F)(F)c1ccc(CNC(=O)C2CN(C(=O)Nc3ccnc(C(=O)O)c3)CCN2S(=O)(=O)c2ccc(OC(F)(F)F)cc2)cc1. The van der Waals surface area contributed by atoms with E-state index in [2.05, 4.69) is 20.4 Å². The molecule has 2 aromatic carbocycles. The number of anilines is 1. The van der Waals surface area contributed by atoms with E-state index in [4.69, 9.17) is 5.11 Å². The number of rotatable bonds is 10. The van der Waals surface area contributed by atoms with Crippen LogP contribution in [0.25, 0.3) is 0 Å². The molecule has 18 heteroatoms. The van der Waals surface area contributed by atoms with Crippen LogP contribution in [0.4, 0.5) is 32.4 Å². The van der Waals surface area contributed by atoms with Crippen molar-refractivity contribution < 1.29 is 54.6 Å². The monoisotopic (exact) mass is 685 g/mol. The zero-order valence-electron chi connectivity index (χ0n) is 24.5. The number of carbonyl (C=O) groups is 3. The molecule has 1 unspecified atom stereocenters. The van der Waals surface area contributed by atoms with Crippen LogP contribution < -0.4 is 15.4 Å². The van der Waals surface area contributed by atoms with Gasteiger partial charge in [-0.1, -0.05) is 31.2 Å². The fourth-order valence-corrected chi connectivity index (χ4v) is 6.18. The van der Waals surface area contributed by atoms with Gasteiger partial charge in [-0.2, -0.15) is 4.31 Å². The molecule has 252 valence electrons. The van der Waals surface area contributed by atoms with E-state index in [0.717, 1.165) is 45.7 Å². The highest BCUT2D eigenvalue weighted by atomic mass is 32.2. The first-order valence-electron chi connectivity index (χ1n) is 13.9. The predicted molar refractivity (Wildman–Crippen MR) is 155 cm³/mol. The van der Waals surface area contributed by atoms with Gasteiger partial charge >= 0.3 is 18.4 Å². The molecule has 3 amide bonds. The molecule has 2 heterocycles. The molecular formula is C29H28F5N5O7S. The van der Waals surface area contributed by atoms with Gasteiger partial charge in [-0.3, -0.25) is 4.79 Å². The van der Waals surface area contributed by atoms with Crippen LogP contribution in [0.5, 0.6) is 5.75 Å². The zero-order chi connectivity index (χ0) is 34.6. The fraction of sp³-hybridized carbons (Fsp3) is 0.310. The number of nitrogens with one attached hydrogen (secondary N) is 2. The van der Waals surface area contributed by atoms with Crippen LogP contribution in [-0.4, -0.2) is 77.7 Å². The molecule has 0 radical (unpaired) electrons. The van der Waals surface area contributed by atoms with Crippen LogP contribution in [-0.2, 0) is 27.3 Å². The van der Waals surface area contributed by atoms with Gasteiger partial charge in [0, 0.05) is 50.0 Å². The maximum atomic E-state index is 14.0. The summed E-state index contributed by atoms with van der Waals surface area (Å²) in [5, 5.41) is 14.2. The van der Waals surface area contributed by atoms with Crippen LogP contribution in [0, 0.1) is 0 Å². The number of urea groups is 1. The summed E-state index contributed by atoms with van der Waals surface area (Å²) in [6, 6.07) is 8.59. The van der Waals surface area contributed by atoms with Crippen molar-refractivity contribution in [1.82, 2.24) is 19.5 Å². The molecule has 3 N–H and O–H groups in total. The average molecular weight is 686 g/mol. The summed E-state index contributed by atoms with van der Waals surface area (Å²) in [4.78, 5) is 42.1. The smallest absolute Gasteiger partial charge is 0.477 e. The number of halogens is 5. The number of hydrogen-bond acceptors (Lipinski definition) is 7. The van der Waals surface area contributed by atoms with E-state index in [0.29, 0.717) is 5.56 Å². The van der Waals surface area contributed by atoms with Crippen molar-refractivity contribution in [3.05, 3.63) is 83.7 Å². The molecule has 1 aliphatic rings. The van der Waals surface area contributed by atoms with Crippen LogP contribution in [0.15, 0.2) is 71.8 Å². The summed E-state index contributed by atoms with van der Waals surface area (Å²) in [5.74, 6) is -5.92. The first kappa shape index (κ1) is 35.0. The molecule has 3 aromatic rings. The van der Waals surface area contributed by atoms with Crippen molar-refractivity contribution in [2.24, 2.45) is 0 Å². The molecular weight excluding hydrogens is 657 g/mol. The number of amides is 3. The summed E-state index contributed by atoms with van der Waals surface area (Å²) < 4.78 is 97.6. The topological polar surface area (TPSA) is 158 Å². The second kappa shape index (κ2) is 13.9. The number of aromatic carboxylic acids is 1. The number of aromatic nitrogens is 1. The lowest BCUT2D eigenvalue weighted by molar-refractivity contribution is -0.274. The quantitative estimate of drug-likeness (QED) is 0.265. The van der Waals surface area contributed by atoms with E-state index >= 15 is 0 Å². The van der Waals surface area contributed by atoms with Crippen LogP contribution in [0.1, 0.15) is 35.0 Å². The standard InChI is InChI=1S/C29H28F5N5O7S/c1-2-28(30,31)19-5-3-18(4-6-19)16-36-25(40)24-17-38(27(43)37-20-11-12-35-23(15-20)26(41)42)13-14-39(24)47(44,45)22-9-7-21(8-10-22)46-29(32,33)34/h3-12,15,24H,2,13-14,16-17H2,1H3,(H,36,40)(H,41,42)(H,35,37,43). The second-order valence-electron chi connectivity index (χ2n) is 10.2. The Balaban J connectivity index is 1.56. The van der Waals surface area contributed by atoms with Crippen molar-refractivity contribution in [1.29, 1.82) is 0 Å². The predicted octanol–water partition coefficient (Wildman–Crippen LogP) is 4.40. The fourth-order valence-electron chi connectivity index (χ4n) is 4.61. The van der Waals surface area contributed by atoms with Gasteiger partial charge in [0.15, 0.2) is 0 Å². The summed E-state index contributed by atoms with van der Waals surface area (Å²) in [6.45, 7) is 0.0213. The van der Waals surface area contributed by atoms with E-state index in [1.54, 1.807) is 0 Å². The molecule has 0 saturated carbocycles. The Morgan fingerprint density at radius 3 is 2.26 bits per heavy atom. The highest BCUT2D eigenvalue weighted by Gasteiger charge is 2.41. The number of piperazine rings is 1. The molecule has 12 nitrogen and oxygen atoms in total. The lowest BCUT2D eigenvalue weighted by atomic mass is 10.0. The third kappa shape index (κ3) is 8.70. The Labute approximate surface area is 265 Å². The molecule has 1 saturated heterocycles. The number of sulfonamides is 1. The second-order valence-corrected chi connectivity index (χ2v) is 12.1. The summed E-state index contributed by atoms with van der Waals surface area (Å²) in [5.41, 5.74) is -0.0932. The Morgan fingerprint density at radius 1 is 1.00 bits per heavy atom. The minimum Gasteiger partial charge on any atom is -0.477 e. The Hall–Kier alpha value is -4.84. The minimum absolute atomic E-state index is 0.0664. The van der Waals surface area contributed by atoms with E-state index in [1.807, 2.05) is 0 Å². The van der Waals surface area contributed by atoms with Gasteiger partial charge in [-0.25, -0.2) is 31.8 Å². The number of nitrogens with zero attached hydrogens (tertiary/aromatic N) is 3. The Kier molecular flexibility index (Phi) is 10.3. The van der Waals surface area contributed by atoms with Gasteiger partial charge in [0.1, 0.15) is 17.5 Å². The molecule has 0 spiro atoms. The van der Waals surface area contributed by atoms with Crippen LogP contribution in [0.2, 0.25) is 0 Å². The minimum atomic E-state index is -5.01. The third-order valence-electron chi connectivity index (χ3n) is 7.10. The molecule has 1 fully saturated rings. The normalized spacial score (nSPS) is 16.0. The molecule has 47 heavy (non-hydrogen) atoms. The molecule has 4 rings (SSSR count). The number of pyridine rings is 1. The van der Waals surface area contributed by atoms with Crippen molar-refractivity contribution in [2.45, 2.75) is 43.1 Å². The van der Waals surface area contributed by atoms with Crippen molar-refractivity contribution in [3.8, 4) is 5.75 Å². The Morgan fingerprint density at radius 2 is 1.66 bits per heavy atom. The molecule has 0 aliphatic carbocycles. The van der Waals surface area contributed by atoms with E-state index < -0.39 is 76.4 Å². The van der Waals surface area contributed by atoms with E-state index in [9.17, 15) is 44.8 Å². The molecule has 1 aliphatic heterocycles. The van der Waals surface area contributed by atoms with E-state index in [-0.39, 0.29) is 30.0 Å². The lowest BCUT2D eigenvalue weighted by Gasteiger charge is -2.39. The molecule has 1 atom stereocenters. The van der Waals surface area contributed by atoms with Gasteiger partial charge < -0.3 is 25.4 Å². The maximum Gasteiger partial charge on any atom is 0.573 e. The number of alkyl halides is 5. The maximum absolute atomic E-state index is 14.0. The Bertz CT molecular complexity index is 1720. The van der Waals surface area contributed by atoms with Crippen molar-refractivity contribution >= 4 is 33.6 Å². The number of benzene rings is 2. The van der Waals surface area contributed by atoms with Crippen LogP contribution >= 0.6 is 0 Å². The van der Waals surface area contributed by atoms with Gasteiger partial charge in [0.2, 0.25) is 15.9 Å². The highest BCUT2D eigenvalue weighted by molar-refractivity contribution is 7.89. The number of hydrogen-bond donors (Lipinski definition) is 3. The number of carboxylic acids is 1. The van der Waals surface area contributed by atoms with Crippen molar-refractivity contribution in [2.75, 3.05) is 25.0 Å². The van der Waals surface area contributed by atoms with Gasteiger partial charge in [0.25, 0.3) is 5.92 Å². The number of ether oxygens (including phenoxy) is 1. The van der Waals surface area contributed by atoms with Crippen molar-refractivity contribution in [3.63, 3.8) is 0 Å². The summed E-state index contributed by atoms with van der Waals surface area (Å²) in [6.07, 6.45) is -4.27. The van der Waals surface area contributed by atoms with Crippen LogP contribution in [0.3, 0.4) is 0 Å². The highest BCUT2D eigenvalue weighted by Crippen LogP contribution is 2.31. The number of carbonyl (C=O) groups excluding carboxylic acids is 2. The first-order valence-corrected chi connectivity index (χ1v) is 15.3. The van der Waals surface area contributed by atoms with Gasteiger partial charge in [0.05, 0.1) is 4.90 Å².